The summed E-state index contributed by atoms with van der Waals surface area (Å²) in [4.78, 5) is 27.4. The molecular formula is C14H21N3O7. The molecule has 134 valence electrons. The standard InChI is InChI=1S/C14H21N3O7/c1-14(2,3)24-13(22)16-8-4-5-17(12(21)15-8)11-10(20)9(19)7(6-18)23-11/h4-5,7,9-11,18-20H,6H2,1-3H3,(H,15,16,21,22)/t7-,9?,10-,11-/m1/s1. The van der Waals surface area contributed by atoms with Crippen LogP contribution < -0.4 is 11.0 Å². The van der Waals surface area contributed by atoms with Crippen LogP contribution in [-0.2, 0) is 9.47 Å². The summed E-state index contributed by atoms with van der Waals surface area (Å²) in [5.74, 6) is -0.0303. The van der Waals surface area contributed by atoms with Gasteiger partial charge in [-0.25, -0.2) is 9.59 Å². The summed E-state index contributed by atoms with van der Waals surface area (Å²) in [7, 11) is 0. The minimum atomic E-state index is -1.40. The number of carbonyl (C=O) groups excluding carboxylic acids is 1. The Morgan fingerprint density at radius 1 is 1.42 bits per heavy atom. The molecule has 1 unspecified atom stereocenters. The van der Waals surface area contributed by atoms with Crippen LogP contribution in [0, 0.1) is 0 Å². The lowest BCUT2D eigenvalue weighted by Crippen LogP contribution is -2.36. The van der Waals surface area contributed by atoms with Gasteiger partial charge in [0.2, 0.25) is 0 Å². The molecule has 2 heterocycles. The molecule has 4 atom stereocenters. The highest BCUT2D eigenvalue weighted by Gasteiger charge is 2.43. The lowest BCUT2D eigenvalue weighted by Gasteiger charge is -2.20. The predicted molar refractivity (Wildman–Crippen MR) is 81.4 cm³/mol. The van der Waals surface area contributed by atoms with Crippen molar-refractivity contribution >= 4 is 11.9 Å². The van der Waals surface area contributed by atoms with Crippen LogP contribution in [0.25, 0.3) is 0 Å². The van der Waals surface area contributed by atoms with Gasteiger partial charge in [-0.2, -0.15) is 4.98 Å². The van der Waals surface area contributed by atoms with Gasteiger partial charge in [-0.1, -0.05) is 0 Å². The number of rotatable bonds is 3. The monoisotopic (exact) mass is 343 g/mol. The second-order valence-electron chi connectivity index (χ2n) is 6.36. The van der Waals surface area contributed by atoms with E-state index in [0.717, 1.165) is 4.57 Å². The van der Waals surface area contributed by atoms with Crippen LogP contribution >= 0.6 is 0 Å². The predicted octanol–water partition coefficient (Wildman–Crippen LogP) is -0.798. The molecule has 1 aliphatic rings. The molecule has 1 fully saturated rings. The molecule has 0 aliphatic carbocycles. The quantitative estimate of drug-likeness (QED) is 0.559. The molecule has 0 aromatic carbocycles. The number of nitrogens with zero attached hydrogens (tertiary/aromatic N) is 2. The summed E-state index contributed by atoms with van der Waals surface area (Å²) in [5.41, 5.74) is -1.51. The number of hydrogen-bond acceptors (Lipinski definition) is 8. The van der Waals surface area contributed by atoms with Gasteiger partial charge in [0.15, 0.2) is 6.23 Å². The van der Waals surface area contributed by atoms with E-state index in [-0.39, 0.29) is 5.82 Å². The van der Waals surface area contributed by atoms with Gasteiger partial charge in [0.25, 0.3) is 0 Å². The number of hydrogen-bond donors (Lipinski definition) is 4. The number of nitrogens with one attached hydrogen (secondary N) is 1. The van der Waals surface area contributed by atoms with E-state index in [1.807, 2.05) is 0 Å². The smallest absolute Gasteiger partial charge is 0.413 e. The second kappa shape index (κ2) is 6.85. The highest BCUT2D eigenvalue weighted by Crippen LogP contribution is 2.28. The van der Waals surface area contributed by atoms with Crippen molar-refractivity contribution < 1.29 is 29.6 Å². The van der Waals surface area contributed by atoms with Crippen molar-refractivity contribution in [3.63, 3.8) is 0 Å². The van der Waals surface area contributed by atoms with E-state index < -0.39 is 48.5 Å². The fourth-order valence-corrected chi connectivity index (χ4v) is 2.19. The molecule has 0 spiro atoms. The van der Waals surface area contributed by atoms with Crippen LogP contribution in [0.4, 0.5) is 10.6 Å². The lowest BCUT2D eigenvalue weighted by molar-refractivity contribution is -0.0549. The first kappa shape index (κ1) is 18.3. The molecule has 1 amide bonds. The van der Waals surface area contributed by atoms with Gasteiger partial charge >= 0.3 is 11.8 Å². The Kier molecular flexibility index (Phi) is 5.23. The van der Waals surface area contributed by atoms with Crippen molar-refractivity contribution in [2.24, 2.45) is 0 Å². The molecule has 10 heteroatoms. The molecule has 2 rings (SSSR count). The Morgan fingerprint density at radius 2 is 2.08 bits per heavy atom. The van der Waals surface area contributed by atoms with Crippen molar-refractivity contribution in [2.75, 3.05) is 11.9 Å². The second-order valence-corrected chi connectivity index (χ2v) is 6.36. The van der Waals surface area contributed by atoms with Crippen LogP contribution in [0.1, 0.15) is 27.0 Å². The Labute approximate surface area is 137 Å². The van der Waals surface area contributed by atoms with E-state index in [1.165, 1.54) is 12.3 Å². The number of amides is 1. The average molecular weight is 343 g/mol. The van der Waals surface area contributed by atoms with E-state index in [2.05, 4.69) is 10.3 Å². The first-order chi connectivity index (χ1) is 11.1. The number of carbonyl (C=O) groups is 1. The Morgan fingerprint density at radius 3 is 2.58 bits per heavy atom. The fourth-order valence-electron chi connectivity index (χ4n) is 2.19. The zero-order valence-electron chi connectivity index (χ0n) is 13.5. The topological polar surface area (TPSA) is 143 Å². The maximum absolute atomic E-state index is 12.1. The number of aliphatic hydroxyl groups excluding tert-OH is 3. The summed E-state index contributed by atoms with van der Waals surface area (Å²) >= 11 is 0. The summed E-state index contributed by atoms with van der Waals surface area (Å²) in [5, 5.41) is 31.0. The first-order valence-electron chi connectivity index (χ1n) is 7.34. The van der Waals surface area contributed by atoms with Gasteiger partial charge in [0, 0.05) is 6.20 Å². The number of aromatic nitrogens is 2. The highest BCUT2D eigenvalue weighted by atomic mass is 16.6. The molecule has 0 radical (unpaired) electrons. The zero-order chi connectivity index (χ0) is 18.1. The molecule has 1 aromatic rings. The van der Waals surface area contributed by atoms with Crippen LogP contribution in [0.5, 0.6) is 0 Å². The highest BCUT2D eigenvalue weighted by molar-refractivity contribution is 5.83. The van der Waals surface area contributed by atoms with Crippen LogP contribution in [0.15, 0.2) is 17.1 Å². The summed E-state index contributed by atoms with van der Waals surface area (Å²) in [6.45, 7) is 4.58. The number of aliphatic hydroxyl groups is 3. The van der Waals surface area contributed by atoms with Crippen molar-refractivity contribution in [3.8, 4) is 0 Å². The van der Waals surface area contributed by atoms with Crippen molar-refractivity contribution in [2.45, 2.75) is 50.9 Å². The fraction of sp³-hybridized carbons (Fsp3) is 0.643. The summed E-state index contributed by atoms with van der Waals surface area (Å²) in [6, 6.07) is 1.32. The van der Waals surface area contributed by atoms with Gasteiger partial charge in [-0.15, -0.1) is 0 Å². The maximum atomic E-state index is 12.1. The third-order valence-electron chi connectivity index (χ3n) is 3.25. The van der Waals surface area contributed by atoms with E-state index in [1.54, 1.807) is 20.8 Å². The molecule has 0 saturated carbocycles. The van der Waals surface area contributed by atoms with Crippen molar-refractivity contribution in [1.82, 2.24) is 9.55 Å². The summed E-state index contributed by atoms with van der Waals surface area (Å²) < 4.78 is 11.3. The van der Waals surface area contributed by atoms with Gasteiger partial charge < -0.3 is 24.8 Å². The van der Waals surface area contributed by atoms with Crippen molar-refractivity contribution in [1.29, 1.82) is 0 Å². The molecule has 10 nitrogen and oxygen atoms in total. The molecule has 24 heavy (non-hydrogen) atoms. The Hall–Kier alpha value is -2.01. The number of anilines is 1. The van der Waals surface area contributed by atoms with E-state index >= 15 is 0 Å². The lowest BCUT2D eigenvalue weighted by atomic mass is 10.1. The molecule has 1 saturated heterocycles. The minimum Gasteiger partial charge on any atom is -0.444 e. The van der Waals surface area contributed by atoms with Gasteiger partial charge in [-0.3, -0.25) is 9.88 Å². The van der Waals surface area contributed by atoms with E-state index in [4.69, 9.17) is 14.6 Å². The average Bonchev–Trinajstić information content (AvgIpc) is 2.73. The largest absolute Gasteiger partial charge is 0.444 e. The van der Waals surface area contributed by atoms with Crippen LogP contribution in [0.3, 0.4) is 0 Å². The SMILES string of the molecule is CC(C)(C)OC(=O)Nc1ccn([C@@H]2O[C@H](CO)C(O)[C@H]2O)c(=O)n1. The van der Waals surface area contributed by atoms with Gasteiger partial charge in [0.05, 0.1) is 6.61 Å². The molecular weight excluding hydrogens is 322 g/mol. The molecule has 1 aromatic heterocycles. The third kappa shape index (κ3) is 4.09. The van der Waals surface area contributed by atoms with E-state index in [9.17, 15) is 19.8 Å². The zero-order valence-corrected chi connectivity index (χ0v) is 13.5. The number of ether oxygens (including phenoxy) is 2. The van der Waals surface area contributed by atoms with E-state index in [0.29, 0.717) is 0 Å². The molecule has 0 bridgehead atoms. The molecule has 4 N–H and O–H groups in total. The Bertz CT molecular complexity index is 655. The van der Waals surface area contributed by atoms with Gasteiger partial charge in [-0.05, 0) is 26.8 Å². The summed E-state index contributed by atoms with van der Waals surface area (Å²) in [6.07, 6.45) is -4.43. The van der Waals surface area contributed by atoms with Crippen LogP contribution in [-0.4, -0.2) is 61.5 Å². The third-order valence-corrected chi connectivity index (χ3v) is 3.25. The Balaban J connectivity index is 2.13. The normalized spacial score (nSPS) is 27.1. The maximum Gasteiger partial charge on any atom is 0.413 e. The first-order valence-corrected chi connectivity index (χ1v) is 7.34. The van der Waals surface area contributed by atoms with Crippen molar-refractivity contribution in [3.05, 3.63) is 22.7 Å². The van der Waals surface area contributed by atoms with Gasteiger partial charge in [0.1, 0.15) is 29.7 Å². The van der Waals surface area contributed by atoms with Crippen LogP contribution in [0.2, 0.25) is 0 Å². The molecule has 1 aliphatic heterocycles. The minimum absolute atomic E-state index is 0.0303.